The third-order valence-electron chi connectivity index (χ3n) is 5.45. The lowest BCUT2D eigenvalue weighted by Crippen LogP contribution is -2.39. The van der Waals surface area contributed by atoms with E-state index in [9.17, 15) is 22.4 Å². The summed E-state index contributed by atoms with van der Waals surface area (Å²) in [6.07, 6.45) is 0.331. The minimum Gasteiger partial charge on any atom is -0.475 e. The van der Waals surface area contributed by atoms with Crippen molar-refractivity contribution < 1.29 is 32.3 Å². The summed E-state index contributed by atoms with van der Waals surface area (Å²) >= 11 is 0. The average molecular weight is 442 g/mol. The maximum atomic E-state index is 13.1. The Morgan fingerprint density at radius 2 is 1.74 bits per heavy atom. The van der Waals surface area contributed by atoms with E-state index < -0.39 is 12.1 Å². The van der Waals surface area contributed by atoms with Gasteiger partial charge in [-0.2, -0.15) is 18.3 Å². The van der Waals surface area contributed by atoms with Gasteiger partial charge in [-0.25, -0.2) is 9.18 Å². The molecule has 0 saturated carbocycles. The molecule has 3 heterocycles. The predicted molar refractivity (Wildman–Crippen MR) is 102 cm³/mol. The van der Waals surface area contributed by atoms with E-state index in [2.05, 4.69) is 10.00 Å². The second-order valence-corrected chi connectivity index (χ2v) is 7.51. The molecule has 2 aliphatic heterocycles. The number of alkyl halides is 3. The molecule has 2 fully saturated rings. The van der Waals surface area contributed by atoms with Gasteiger partial charge in [0.1, 0.15) is 5.82 Å². The van der Waals surface area contributed by atoms with Gasteiger partial charge in [-0.15, -0.1) is 0 Å². The van der Waals surface area contributed by atoms with E-state index in [1.54, 1.807) is 17.1 Å². The first-order valence-electron chi connectivity index (χ1n) is 9.64. The number of hydrogen-bond donors (Lipinski definition) is 1. The summed E-state index contributed by atoms with van der Waals surface area (Å²) in [6, 6.07) is 7.38. The van der Waals surface area contributed by atoms with Crippen LogP contribution in [-0.2, 0) is 18.4 Å². The molecular weight excluding hydrogens is 420 g/mol. The first-order chi connectivity index (χ1) is 14.6. The van der Waals surface area contributed by atoms with Gasteiger partial charge in [0, 0.05) is 45.0 Å². The summed E-state index contributed by atoms with van der Waals surface area (Å²) in [5, 5.41) is 11.2. The molecule has 1 aromatic heterocycles. The van der Waals surface area contributed by atoms with Crippen LogP contribution in [-0.4, -0.2) is 67.9 Å². The fraction of sp³-hybridized carbons (Fsp3) is 0.450. The van der Waals surface area contributed by atoms with Crippen LogP contribution in [0, 0.1) is 5.82 Å². The van der Waals surface area contributed by atoms with Gasteiger partial charge < -0.3 is 10.0 Å². The number of benzene rings is 1. The van der Waals surface area contributed by atoms with Crippen molar-refractivity contribution in [1.29, 1.82) is 0 Å². The van der Waals surface area contributed by atoms with E-state index in [1.807, 2.05) is 24.1 Å². The topological polar surface area (TPSA) is 78.7 Å². The molecule has 0 spiro atoms. The number of aromatic nitrogens is 2. The number of likely N-dealkylation sites (tertiary alicyclic amines) is 2. The standard InChI is InChI=1S/C18H21FN4O.C2HF3O2/c1-21-12-14(10-20-21)18(24)23-9-7-16-17(23)6-8-22(16)11-13-2-4-15(19)5-3-13;3-2(4,5)1(6)7/h2-5,10,12,16-17H,6-9,11H2,1H3;(H,6,7)/t16-,17+;/m1./s1. The van der Waals surface area contributed by atoms with Gasteiger partial charge in [0.2, 0.25) is 0 Å². The molecule has 2 aliphatic rings. The van der Waals surface area contributed by atoms with Crippen molar-refractivity contribution in [1.82, 2.24) is 19.6 Å². The number of carbonyl (C=O) groups is 2. The van der Waals surface area contributed by atoms with Crippen LogP contribution in [0.2, 0.25) is 0 Å². The van der Waals surface area contributed by atoms with Crippen molar-refractivity contribution in [3.8, 4) is 0 Å². The Morgan fingerprint density at radius 1 is 1.13 bits per heavy atom. The van der Waals surface area contributed by atoms with Gasteiger partial charge in [0.05, 0.1) is 11.8 Å². The third-order valence-corrected chi connectivity index (χ3v) is 5.45. The molecule has 168 valence electrons. The van der Waals surface area contributed by atoms with E-state index in [-0.39, 0.29) is 17.8 Å². The summed E-state index contributed by atoms with van der Waals surface area (Å²) in [6.45, 7) is 2.59. The number of halogens is 4. The average Bonchev–Trinajstić information content (AvgIpc) is 3.40. The van der Waals surface area contributed by atoms with Crippen LogP contribution < -0.4 is 0 Å². The van der Waals surface area contributed by atoms with E-state index in [4.69, 9.17) is 9.90 Å². The molecule has 4 rings (SSSR count). The fourth-order valence-electron chi connectivity index (χ4n) is 4.05. The Hall–Kier alpha value is -2.95. The number of carboxylic acids is 1. The van der Waals surface area contributed by atoms with Crippen LogP contribution in [0.15, 0.2) is 36.7 Å². The second-order valence-electron chi connectivity index (χ2n) is 7.51. The fourth-order valence-corrected chi connectivity index (χ4v) is 4.05. The molecule has 0 unspecified atom stereocenters. The van der Waals surface area contributed by atoms with Crippen molar-refractivity contribution in [2.24, 2.45) is 7.05 Å². The maximum Gasteiger partial charge on any atom is 0.490 e. The van der Waals surface area contributed by atoms with Gasteiger partial charge in [-0.1, -0.05) is 12.1 Å². The normalized spacial score (nSPS) is 20.9. The molecule has 31 heavy (non-hydrogen) atoms. The molecule has 1 aromatic carbocycles. The van der Waals surface area contributed by atoms with Gasteiger partial charge in [-0.05, 0) is 30.5 Å². The summed E-state index contributed by atoms with van der Waals surface area (Å²) < 4.78 is 46.5. The minimum absolute atomic E-state index is 0.0826. The van der Waals surface area contributed by atoms with Gasteiger partial charge >= 0.3 is 12.1 Å². The van der Waals surface area contributed by atoms with Crippen molar-refractivity contribution in [2.45, 2.75) is 37.6 Å². The monoisotopic (exact) mass is 442 g/mol. The molecular formula is C20H22F4N4O3. The Labute approximate surface area is 175 Å². The lowest BCUT2D eigenvalue weighted by atomic mass is 10.1. The van der Waals surface area contributed by atoms with Crippen LogP contribution in [0.4, 0.5) is 17.6 Å². The molecule has 7 nitrogen and oxygen atoms in total. The lowest BCUT2D eigenvalue weighted by Gasteiger charge is -2.25. The van der Waals surface area contributed by atoms with Crippen LogP contribution in [0.3, 0.4) is 0 Å². The molecule has 11 heteroatoms. The predicted octanol–water partition coefficient (Wildman–Crippen LogP) is 2.68. The Balaban J connectivity index is 0.000000339. The molecule has 2 atom stereocenters. The number of rotatable bonds is 3. The maximum absolute atomic E-state index is 13.1. The number of hydrogen-bond acceptors (Lipinski definition) is 4. The Bertz CT molecular complexity index is 929. The van der Waals surface area contributed by atoms with Crippen molar-refractivity contribution in [2.75, 3.05) is 13.1 Å². The summed E-state index contributed by atoms with van der Waals surface area (Å²) in [4.78, 5) is 26.0. The number of nitrogens with zero attached hydrogens (tertiary/aromatic N) is 4. The zero-order chi connectivity index (χ0) is 22.8. The summed E-state index contributed by atoms with van der Waals surface area (Å²) in [5.41, 5.74) is 1.78. The molecule has 2 aromatic rings. The summed E-state index contributed by atoms with van der Waals surface area (Å²) in [5.74, 6) is -2.88. The van der Waals surface area contributed by atoms with Gasteiger partial charge in [0.15, 0.2) is 0 Å². The smallest absolute Gasteiger partial charge is 0.475 e. The highest BCUT2D eigenvalue weighted by Gasteiger charge is 2.44. The SMILES string of the molecule is Cn1cc(C(=O)N2CC[C@@H]3[C@@H]2CCN3Cc2ccc(F)cc2)cn1.O=C(O)C(F)(F)F. The van der Waals surface area contributed by atoms with E-state index in [1.165, 1.54) is 12.1 Å². The zero-order valence-electron chi connectivity index (χ0n) is 16.7. The molecule has 1 amide bonds. The van der Waals surface area contributed by atoms with E-state index in [0.717, 1.165) is 38.0 Å². The molecule has 2 saturated heterocycles. The van der Waals surface area contributed by atoms with Crippen LogP contribution in [0.5, 0.6) is 0 Å². The van der Waals surface area contributed by atoms with Crippen molar-refractivity contribution in [3.63, 3.8) is 0 Å². The van der Waals surface area contributed by atoms with Crippen LogP contribution in [0.25, 0.3) is 0 Å². The Kier molecular flexibility index (Phi) is 6.63. The number of aliphatic carboxylic acids is 1. The van der Waals surface area contributed by atoms with Crippen molar-refractivity contribution >= 4 is 11.9 Å². The molecule has 0 radical (unpaired) electrons. The zero-order valence-corrected chi connectivity index (χ0v) is 16.7. The first kappa shape index (κ1) is 22.7. The van der Waals surface area contributed by atoms with Crippen LogP contribution in [0.1, 0.15) is 28.8 Å². The van der Waals surface area contributed by atoms with E-state index in [0.29, 0.717) is 11.6 Å². The largest absolute Gasteiger partial charge is 0.490 e. The second kappa shape index (κ2) is 9.04. The highest BCUT2D eigenvalue weighted by Crippen LogP contribution is 2.33. The quantitative estimate of drug-likeness (QED) is 0.740. The lowest BCUT2D eigenvalue weighted by molar-refractivity contribution is -0.192. The number of aryl methyl sites for hydroxylation is 1. The number of amides is 1. The molecule has 0 aliphatic carbocycles. The minimum atomic E-state index is -5.08. The number of fused-ring (bicyclic) bond motifs is 1. The molecule has 0 bridgehead atoms. The van der Waals surface area contributed by atoms with E-state index >= 15 is 0 Å². The van der Waals surface area contributed by atoms with Crippen molar-refractivity contribution in [3.05, 3.63) is 53.6 Å². The summed E-state index contributed by atoms with van der Waals surface area (Å²) in [7, 11) is 1.82. The van der Waals surface area contributed by atoms with Crippen LogP contribution >= 0.6 is 0 Å². The highest BCUT2D eigenvalue weighted by molar-refractivity contribution is 5.94. The van der Waals surface area contributed by atoms with Gasteiger partial charge in [0.25, 0.3) is 5.91 Å². The third kappa shape index (κ3) is 5.40. The highest BCUT2D eigenvalue weighted by atomic mass is 19.4. The van der Waals surface area contributed by atoms with Gasteiger partial charge in [-0.3, -0.25) is 14.4 Å². The Morgan fingerprint density at radius 3 is 2.29 bits per heavy atom. The first-order valence-corrected chi connectivity index (χ1v) is 9.64. The molecule has 1 N–H and O–H groups in total. The number of carboxylic acid groups (broad SMARTS) is 1. The number of carbonyl (C=O) groups excluding carboxylic acids is 1.